The van der Waals surface area contributed by atoms with Crippen molar-refractivity contribution in [2.75, 3.05) is 32.8 Å². The fourth-order valence-corrected chi connectivity index (χ4v) is 4.12. The van der Waals surface area contributed by atoms with Crippen molar-refractivity contribution in [3.8, 4) is 11.5 Å². The van der Waals surface area contributed by atoms with E-state index in [-0.39, 0.29) is 0 Å². The molecule has 2 aromatic heterocycles. The van der Waals surface area contributed by atoms with Crippen LogP contribution in [0.5, 0.6) is 0 Å². The van der Waals surface area contributed by atoms with Crippen LogP contribution in [0.25, 0.3) is 22.5 Å². The fourth-order valence-electron chi connectivity index (χ4n) is 4.12. The van der Waals surface area contributed by atoms with Gasteiger partial charge in [-0.3, -0.25) is 4.90 Å². The van der Waals surface area contributed by atoms with E-state index < -0.39 is 6.10 Å². The number of morpholine rings is 1. The van der Waals surface area contributed by atoms with Gasteiger partial charge in [0.25, 0.3) is 0 Å². The molecular formula is C24H26N4O3. The Labute approximate surface area is 180 Å². The maximum absolute atomic E-state index is 10.8. The van der Waals surface area contributed by atoms with Gasteiger partial charge in [-0.15, -0.1) is 0 Å². The average Bonchev–Trinajstić information content (AvgIpc) is 3.47. The van der Waals surface area contributed by atoms with Crippen LogP contribution in [0.1, 0.15) is 17.5 Å². The van der Waals surface area contributed by atoms with E-state index in [0.717, 1.165) is 67.4 Å². The first-order valence-corrected chi connectivity index (χ1v) is 10.7. The number of fused-ring (bicyclic) bond motifs is 1. The number of aromatic nitrogens is 3. The number of ether oxygens (including phenoxy) is 1. The molecule has 1 unspecified atom stereocenters. The quantitative estimate of drug-likeness (QED) is 0.496. The van der Waals surface area contributed by atoms with E-state index in [1.807, 2.05) is 42.5 Å². The Morgan fingerprint density at radius 1 is 1.03 bits per heavy atom. The van der Waals surface area contributed by atoms with Crippen LogP contribution in [0.3, 0.4) is 0 Å². The summed E-state index contributed by atoms with van der Waals surface area (Å²) >= 11 is 0. The minimum atomic E-state index is -0.605. The highest BCUT2D eigenvalue weighted by Crippen LogP contribution is 2.26. The monoisotopic (exact) mass is 418 g/mol. The third-order valence-corrected chi connectivity index (χ3v) is 5.81. The molecule has 160 valence electrons. The van der Waals surface area contributed by atoms with Gasteiger partial charge in [0.05, 0.1) is 36.5 Å². The lowest BCUT2D eigenvalue weighted by Crippen LogP contribution is -2.38. The summed E-state index contributed by atoms with van der Waals surface area (Å²) in [7, 11) is 0. The maximum atomic E-state index is 10.8. The molecule has 7 nitrogen and oxygen atoms in total. The molecule has 1 aliphatic rings. The number of oxazole rings is 1. The summed E-state index contributed by atoms with van der Waals surface area (Å²) in [5.41, 5.74) is 3.73. The topological polar surface area (TPSA) is 76.6 Å². The van der Waals surface area contributed by atoms with Crippen LogP contribution < -0.4 is 0 Å². The first kappa shape index (κ1) is 19.9. The van der Waals surface area contributed by atoms with Crippen molar-refractivity contribution in [1.29, 1.82) is 0 Å². The molecule has 1 aliphatic heterocycles. The second-order valence-electron chi connectivity index (χ2n) is 7.81. The summed E-state index contributed by atoms with van der Waals surface area (Å²) < 4.78 is 13.2. The van der Waals surface area contributed by atoms with Crippen LogP contribution in [0, 0.1) is 0 Å². The van der Waals surface area contributed by atoms with Gasteiger partial charge >= 0.3 is 0 Å². The number of hydrogen-bond acceptors (Lipinski definition) is 6. The summed E-state index contributed by atoms with van der Waals surface area (Å²) in [4.78, 5) is 11.6. The zero-order valence-electron chi connectivity index (χ0n) is 17.4. The summed E-state index contributed by atoms with van der Waals surface area (Å²) in [6.07, 6.45) is 3.06. The molecule has 1 fully saturated rings. The zero-order chi connectivity index (χ0) is 21.0. The summed E-state index contributed by atoms with van der Waals surface area (Å²) in [5, 5.41) is 10.8. The van der Waals surface area contributed by atoms with E-state index in [1.54, 1.807) is 12.5 Å². The molecular weight excluding hydrogens is 392 g/mol. The second-order valence-corrected chi connectivity index (χ2v) is 7.81. The van der Waals surface area contributed by atoms with Crippen LogP contribution in [0.15, 0.2) is 65.4 Å². The third-order valence-electron chi connectivity index (χ3n) is 5.81. The minimum Gasteiger partial charge on any atom is -0.445 e. The van der Waals surface area contributed by atoms with E-state index in [9.17, 15) is 5.11 Å². The zero-order valence-corrected chi connectivity index (χ0v) is 17.4. The third kappa shape index (κ3) is 4.39. The van der Waals surface area contributed by atoms with Crippen LogP contribution in [0.2, 0.25) is 0 Å². The minimum absolute atomic E-state index is 0.455. The van der Waals surface area contributed by atoms with Gasteiger partial charge in [0.2, 0.25) is 5.89 Å². The standard InChI is InChI=1S/C24H26N4O3/c29-22(18-4-2-1-3-5-18)17-23-26-20-16-19(24-25-8-13-31-24)6-7-21(20)28(23)10-9-27-11-14-30-15-12-27/h1-8,13,16,22,29H,9-12,14-15,17H2. The smallest absolute Gasteiger partial charge is 0.225 e. The Bertz CT molecular complexity index is 1120. The van der Waals surface area contributed by atoms with Crippen LogP contribution >= 0.6 is 0 Å². The van der Waals surface area contributed by atoms with Crippen molar-refractivity contribution in [3.05, 3.63) is 72.4 Å². The Morgan fingerprint density at radius 2 is 1.87 bits per heavy atom. The Kier molecular flexibility index (Phi) is 5.80. The molecule has 2 aromatic carbocycles. The molecule has 0 bridgehead atoms. The van der Waals surface area contributed by atoms with Gasteiger partial charge < -0.3 is 18.8 Å². The second kappa shape index (κ2) is 9.01. The molecule has 0 amide bonds. The van der Waals surface area contributed by atoms with Gasteiger partial charge in [-0.1, -0.05) is 30.3 Å². The number of imidazole rings is 1. The van der Waals surface area contributed by atoms with E-state index in [2.05, 4.69) is 20.5 Å². The van der Waals surface area contributed by atoms with Gasteiger partial charge in [0.15, 0.2) is 0 Å². The van der Waals surface area contributed by atoms with Crippen molar-refractivity contribution in [3.63, 3.8) is 0 Å². The maximum Gasteiger partial charge on any atom is 0.225 e. The molecule has 0 radical (unpaired) electrons. The lowest BCUT2D eigenvalue weighted by atomic mass is 10.1. The van der Waals surface area contributed by atoms with Crippen LogP contribution in [-0.4, -0.2) is 57.4 Å². The van der Waals surface area contributed by atoms with Crippen molar-refractivity contribution in [2.45, 2.75) is 19.1 Å². The lowest BCUT2D eigenvalue weighted by molar-refractivity contribution is 0.0364. The average molecular weight is 418 g/mol. The van der Waals surface area contributed by atoms with Gasteiger partial charge in [0.1, 0.15) is 12.1 Å². The normalized spacial score (nSPS) is 16.0. The van der Waals surface area contributed by atoms with E-state index in [0.29, 0.717) is 12.3 Å². The molecule has 0 saturated carbocycles. The molecule has 31 heavy (non-hydrogen) atoms. The number of hydrogen-bond donors (Lipinski definition) is 1. The molecule has 4 aromatic rings. The molecule has 3 heterocycles. The predicted octanol–water partition coefficient (Wildman–Crippen LogP) is 3.30. The van der Waals surface area contributed by atoms with Crippen molar-refractivity contribution < 1.29 is 14.3 Å². The molecule has 1 saturated heterocycles. The SMILES string of the molecule is OC(Cc1nc2cc(-c3ncco3)ccc2n1CCN1CCOCC1)c1ccccc1. The molecule has 7 heteroatoms. The summed E-state index contributed by atoms with van der Waals surface area (Å²) in [6, 6.07) is 15.8. The first-order valence-electron chi connectivity index (χ1n) is 10.7. The Morgan fingerprint density at radius 3 is 2.65 bits per heavy atom. The van der Waals surface area contributed by atoms with Crippen molar-refractivity contribution >= 4 is 11.0 Å². The number of aliphatic hydroxyl groups excluding tert-OH is 1. The first-order chi connectivity index (χ1) is 15.3. The highest BCUT2D eigenvalue weighted by atomic mass is 16.5. The molecule has 5 rings (SSSR count). The fraction of sp³-hybridized carbons (Fsp3) is 0.333. The Balaban J connectivity index is 1.46. The van der Waals surface area contributed by atoms with Crippen molar-refractivity contribution in [1.82, 2.24) is 19.4 Å². The van der Waals surface area contributed by atoms with E-state index >= 15 is 0 Å². The lowest BCUT2D eigenvalue weighted by Gasteiger charge is -2.27. The molecule has 0 spiro atoms. The van der Waals surface area contributed by atoms with Gasteiger partial charge in [-0.25, -0.2) is 9.97 Å². The van der Waals surface area contributed by atoms with E-state index in [1.165, 1.54) is 0 Å². The summed E-state index contributed by atoms with van der Waals surface area (Å²) in [6.45, 7) is 5.19. The van der Waals surface area contributed by atoms with Gasteiger partial charge in [0, 0.05) is 38.2 Å². The number of benzene rings is 2. The van der Waals surface area contributed by atoms with Gasteiger partial charge in [-0.05, 0) is 23.8 Å². The highest BCUT2D eigenvalue weighted by molar-refractivity contribution is 5.81. The summed E-state index contributed by atoms with van der Waals surface area (Å²) in [5.74, 6) is 1.46. The van der Waals surface area contributed by atoms with Crippen LogP contribution in [0.4, 0.5) is 0 Å². The van der Waals surface area contributed by atoms with Crippen molar-refractivity contribution in [2.24, 2.45) is 0 Å². The highest BCUT2D eigenvalue weighted by Gasteiger charge is 2.18. The van der Waals surface area contributed by atoms with Gasteiger partial charge in [-0.2, -0.15) is 0 Å². The van der Waals surface area contributed by atoms with E-state index in [4.69, 9.17) is 14.1 Å². The number of rotatable bonds is 7. The molecule has 1 atom stereocenters. The van der Waals surface area contributed by atoms with Crippen LogP contribution in [-0.2, 0) is 17.7 Å². The largest absolute Gasteiger partial charge is 0.445 e. The Hall–Kier alpha value is -3.00. The molecule has 1 N–H and O–H groups in total. The molecule has 0 aliphatic carbocycles. The number of nitrogens with zero attached hydrogens (tertiary/aromatic N) is 4. The number of aliphatic hydroxyl groups is 1. The predicted molar refractivity (Wildman–Crippen MR) is 118 cm³/mol.